The molecule has 6 heteroatoms. The molecule has 1 aromatic heterocycles. The van der Waals surface area contributed by atoms with Crippen molar-refractivity contribution >= 4 is 50.7 Å². The van der Waals surface area contributed by atoms with Crippen LogP contribution in [0.4, 0.5) is 0 Å². The zero-order valence-corrected chi connectivity index (χ0v) is 14.0. The summed E-state index contributed by atoms with van der Waals surface area (Å²) in [5.41, 5.74) is 1.78. The van der Waals surface area contributed by atoms with Crippen LogP contribution in [0.5, 0.6) is 0 Å². The predicted molar refractivity (Wildman–Crippen MR) is 91.5 cm³/mol. The molecule has 0 aliphatic rings. The highest BCUT2D eigenvalue weighted by molar-refractivity contribution is 7.16. The molecule has 0 aliphatic heterocycles. The molecule has 3 nitrogen and oxygen atoms in total. The molecular weight excluding hydrogens is 339 g/mol. The van der Waals surface area contributed by atoms with Crippen LogP contribution in [-0.2, 0) is 18.3 Å². The van der Waals surface area contributed by atoms with E-state index in [1.54, 1.807) is 6.07 Å². The average Bonchev–Trinajstić information content (AvgIpc) is 2.76. The van der Waals surface area contributed by atoms with Crippen LogP contribution < -0.4 is 4.80 Å². The van der Waals surface area contributed by atoms with Crippen LogP contribution in [0.25, 0.3) is 10.2 Å². The van der Waals surface area contributed by atoms with Gasteiger partial charge in [-0.15, -0.1) is 0 Å². The topological polar surface area (TPSA) is 34.4 Å². The molecule has 0 atom stereocenters. The second kappa shape index (κ2) is 6.24. The SMILES string of the molecule is Cn1c(=NC(=O)Cc2ccccc2)sc2cc(Cl)cc(Cl)c21. The molecule has 0 radical (unpaired) electrons. The van der Waals surface area contributed by atoms with Gasteiger partial charge in [-0.1, -0.05) is 64.9 Å². The van der Waals surface area contributed by atoms with Gasteiger partial charge in [-0.2, -0.15) is 4.99 Å². The first kappa shape index (κ1) is 15.3. The van der Waals surface area contributed by atoms with Crippen LogP contribution in [0.2, 0.25) is 10.0 Å². The largest absolute Gasteiger partial charge is 0.318 e. The van der Waals surface area contributed by atoms with Crippen LogP contribution in [0.1, 0.15) is 5.56 Å². The Labute approximate surface area is 141 Å². The molecular formula is C16H12Cl2N2OS. The zero-order valence-electron chi connectivity index (χ0n) is 11.7. The molecule has 0 unspecified atom stereocenters. The number of aromatic nitrogens is 1. The van der Waals surface area contributed by atoms with Crippen molar-refractivity contribution in [2.24, 2.45) is 12.0 Å². The minimum atomic E-state index is -0.185. The van der Waals surface area contributed by atoms with Crippen molar-refractivity contribution in [1.29, 1.82) is 0 Å². The number of hydrogen-bond acceptors (Lipinski definition) is 2. The van der Waals surface area contributed by atoms with Gasteiger partial charge >= 0.3 is 0 Å². The maximum atomic E-state index is 12.1. The van der Waals surface area contributed by atoms with E-state index in [-0.39, 0.29) is 12.3 Å². The smallest absolute Gasteiger partial charge is 0.252 e. The van der Waals surface area contributed by atoms with Gasteiger partial charge in [0.25, 0.3) is 5.91 Å². The first-order valence-corrected chi connectivity index (χ1v) is 8.18. The van der Waals surface area contributed by atoms with E-state index < -0.39 is 0 Å². The van der Waals surface area contributed by atoms with E-state index in [1.165, 1.54) is 11.3 Å². The molecule has 0 N–H and O–H groups in total. The second-order valence-corrected chi connectivity index (χ2v) is 6.70. The van der Waals surface area contributed by atoms with Crippen molar-refractivity contribution in [3.8, 4) is 0 Å². The Balaban J connectivity index is 2.01. The van der Waals surface area contributed by atoms with Gasteiger partial charge in [0.1, 0.15) is 0 Å². The molecule has 22 heavy (non-hydrogen) atoms. The number of aryl methyl sites for hydroxylation is 1. The van der Waals surface area contributed by atoms with Gasteiger partial charge in [-0.05, 0) is 17.7 Å². The first-order valence-electron chi connectivity index (χ1n) is 6.60. The normalized spacial score (nSPS) is 12.0. The van der Waals surface area contributed by atoms with Gasteiger partial charge in [0.15, 0.2) is 4.80 Å². The Hall–Kier alpha value is -1.62. The van der Waals surface area contributed by atoms with E-state index in [0.717, 1.165) is 15.8 Å². The van der Waals surface area contributed by atoms with Gasteiger partial charge in [0.2, 0.25) is 0 Å². The van der Waals surface area contributed by atoms with Crippen molar-refractivity contribution in [3.05, 3.63) is 62.9 Å². The van der Waals surface area contributed by atoms with Crippen molar-refractivity contribution in [2.75, 3.05) is 0 Å². The summed E-state index contributed by atoms with van der Waals surface area (Å²) in [6.07, 6.45) is 0.281. The second-order valence-electron chi connectivity index (χ2n) is 4.85. The molecule has 3 rings (SSSR count). The molecule has 112 valence electrons. The molecule has 0 bridgehead atoms. The lowest BCUT2D eigenvalue weighted by atomic mass is 10.1. The molecule has 2 aromatic carbocycles. The third-order valence-electron chi connectivity index (χ3n) is 3.24. The number of benzene rings is 2. The molecule has 1 heterocycles. The lowest BCUT2D eigenvalue weighted by Crippen LogP contribution is -2.14. The maximum absolute atomic E-state index is 12.1. The number of halogens is 2. The van der Waals surface area contributed by atoms with Gasteiger partial charge in [-0.25, -0.2) is 0 Å². The van der Waals surface area contributed by atoms with Gasteiger partial charge in [-0.3, -0.25) is 4.79 Å². The fourth-order valence-electron chi connectivity index (χ4n) is 2.22. The number of nitrogens with zero attached hydrogens (tertiary/aromatic N) is 2. The number of rotatable bonds is 2. The van der Waals surface area contributed by atoms with Crippen molar-refractivity contribution in [3.63, 3.8) is 0 Å². The molecule has 0 saturated heterocycles. The number of carbonyl (C=O) groups excluding carboxylic acids is 1. The van der Waals surface area contributed by atoms with Gasteiger partial charge in [0, 0.05) is 12.1 Å². The lowest BCUT2D eigenvalue weighted by Gasteiger charge is -1.99. The summed E-state index contributed by atoms with van der Waals surface area (Å²) < 4.78 is 2.73. The fourth-order valence-corrected chi connectivity index (χ4v) is 4.07. The van der Waals surface area contributed by atoms with Gasteiger partial charge in [0.05, 0.1) is 21.7 Å². The number of carbonyl (C=O) groups is 1. The van der Waals surface area contributed by atoms with Crippen LogP contribution >= 0.6 is 34.5 Å². The number of fused-ring (bicyclic) bond motifs is 1. The van der Waals surface area contributed by atoms with Crippen molar-refractivity contribution in [2.45, 2.75) is 6.42 Å². The Bertz CT molecular complexity index is 913. The summed E-state index contributed by atoms with van der Waals surface area (Å²) in [5.74, 6) is -0.185. The Morgan fingerprint density at radius 1 is 1.23 bits per heavy atom. The molecule has 1 amide bonds. The highest BCUT2D eigenvalue weighted by atomic mass is 35.5. The third-order valence-corrected chi connectivity index (χ3v) is 4.82. The van der Waals surface area contributed by atoms with Crippen LogP contribution in [0, 0.1) is 0 Å². The molecule has 0 fully saturated rings. The molecule has 0 saturated carbocycles. The third kappa shape index (κ3) is 3.09. The highest BCUT2D eigenvalue weighted by Gasteiger charge is 2.10. The fraction of sp³-hybridized carbons (Fsp3) is 0.125. The summed E-state index contributed by atoms with van der Waals surface area (Å²) in [5, 5.41) is 1.12. The Kier molecular flexibility index (Phi) is 4.34. The quantitative estimate of drug-likeness (QED) is 0.681. The number of amides is 1. The van der Waals surface area contributed by atoms with Crippen molar-refractivity contribution in [1.82, 2.24) is 4.57 Å². The van der Waals surface area contributed by atoms with Crippen LogP contribution in [0.3, 0.4) is 0 Å². The number of hydrogen-bond donors (Lipinski definition) is 0. The Morgan fingerprint density at radius 3 is 2.68 bits per heavy atom. The zero-order chi connectivity index (χ0) is 15.7. The average molecular weight is 351 g/mol. The summed E-state index contributed by atoms with van der Waals surface area (Å²) in [4.78, 5) is 16.9. The molecule has 3 aromatic rings. The van der Waals surface area contributed by atoms with Crippen LogP contribution in [0.15, 0.2) is 47.5 Å². The highest BCUT2D eigenvalue weighted by Crippen LogP contribution is 2.29. The minimum Gasteiger partial charge on any atom is -0.318 e. The maximum Gasteiger partial charge on any atom is 0.252 e. The summed E-state index contributed by atoms with van der Waals surface area (Å²) in [6.45, 7) is 0. The lowest BCUT2D eigenvalue weighted by molar-refractivity contribution is -0.117. The van der Waals surface area contributed by atoms with E-state index in [1.807, 2.05) is 48.0 Å². The van der Waals surface area contributed by atoms with Gasteiger partial charge < -0.3 is 4.57 Å². The van der Waals surface area contributed by atoms with E-state index in [9.17, 15) is 4.79 Å². The summed E-state index contributed by atoms with van der Waals surface area (Å²) >= 11 is 13.6. The van der Waals surface area contributed by atoms with Crippen molar-refractivity contribution < 1.29 is 4.79 Å². The Morgan fingerprint density at radius 2 is 1.95 bits per heavy atom. The minimum absolute atomic E-state index is 0.185. The monoisotopic (exact) mass is 350 g/mol. The van der Waals surface area contributed by atoms with E-state index >= 15 is 0 Å². The summed E-state index contributed by atoms with van der Waals surface area (Å²) in [7, 11) is 1.84. The van der Waals surface area contributed by atoms with E-state index in [4.69, 9.17) is 23.2 Å². The predicted octanol–water partition coefficient (Wildman–Crippen LogP) is 4.22. The summed E-state index contributed by atoms with van der Waals surface area (Å²) in [6, 6.07) is 13.1. The van der Waals surface area contributed by atoms with E-state index in [2.05, 4.69) is 4.99 Å². The standard InChI is InChI=1S/C16H12Cl2N2OS/c1-20-15-12(18)8-11(17)9-13(15)22-16(20)19-14(21)7-10-5-3-2-4-6-10/h2-6,8-9H,7H2,1H3. The first-order chi connectivity index (χ1) is 10.5. The van der Waals surface area contributed by atoms with E-state index in [0.29, 0.717) is 14.8 Å². The molecule has 0 aliphatic carbocycles. The molecule has 0 spiro atoms. The van der Waals surface area contributed by atoms with Crippen LogP contribution in [-0.4, -0.2) is 10.5 Å². The number of thiazole rings is 1.